The molecule has 2 rings (SSSR count). The Morgan fingerprint density at radius 1 is 0.957 bits per heavy atom. The second kappa shape index (κ2) is 9.15. The molecule has 3 amide bonds. The summed E-state index contributed by atoms with van der Waals surface area (Å²) < 4.78 is 0. The van der Waals surface area contributed by atoms with Gasteiger partial charge in [0.25, 0.3) is 0 Å². The zero-order valence-electron chi connectivity index (χ0n) is 13.7. The van der Waals surface area contributed by atoms with Crippen molar-refractivity contribution in [3.8, 4) is 0 Å². The fraction of sp³-hybridized carbons (Fsp3) is 0.529. The van der Waals surface area contributed by atoms with Gasteiger partial charge in [-0.3, -0.25) is 4.79 Å². The molecule has 3 N–H and O–H groups in total. The van der Waals surface area contributed by atoms with Gasteiger partial charge in [-0.1, -0.05) is 12.8 Å². The van der Waals surface area contributed by atoms with Crippen molar-refractivity contribution in [2.24, 2.45) is 0 Å². The van der Waals surface area contributed by atoms with Crippen LogP contribution in [-0.4, -0.2) is 43.5 Å². The average Bonchev–Trinajstić information content (AvgIpc) is 2.84. The van der Waals surface area contributed by atoms with Crippen molar-refractivity contribution in [1.82, 2.24) is 10.2 Å². The van der Waals surface area contributed by atoms with Crippen molar-refractivity contribution in [3.63, 3.8) is 0 Å². The highest BCUT2D eigenvalue weighted by Crippen LogP contribution is 2.16. The summed E-state index contributed by atoms with van der Waals surface area (Å²) in [5.41, 5.74) is 1.48. The van der Waals surface area contributed by atoms with Gasteiger partial charge in [-0.2, -0.15) is 0 Å². The Hall–Kier alpha value is -2.08. The zero-order chi connectivity index (χ0) is 16.5. The van der Waals surface area contributed by atoms with E-state index in [0.29, 0.717) is 13.0 Å². The number of amides is 3. The Kier molecular flexibility index (Phi) is 6.87. The van der Waals surface area contributed by atoms with Gasteiger partial charge in [-0.05, 0) is 44.2 Å². The van der Waals surface area contributed by atoms with Crippen LogP contribution in [0.2, 0.25) is 0 Å². The maximum atomic E-state index is 12.2. The van der Waals surface area contributed by atoms with Crippen LogP contribution in [0, 0.1) is 0 Å². The Bertz CT molecular complexity index is 508. The molecular formula is C17H26N4O2. The maximum Gasteiger partial charge on any atom is 0.321 e. The number of urea groups is 1. The van der Waals surface area contributed by atoms with Gasteiger partial charge in [-0.25, -0.2) is 4.79 Å². The number of hydrogen-bond donors (Lipinski definition) is 3. The highest BCUT2D eigenvalue weighted by atomic mass is 16.2. The van der Waals surface area contributed by atoms with Gasteiger partial charge < -0.3 is 20.9 Å². The van der Waals surface area contributed by atoms with Crippen molar-refractivity contribution < 1.29 is 9.59 Å². The molecule has 0 atom stereocenters. The molecule has 0 aliphatic carbocycles. The summed E-state index contributed by atoms with van der Waals surface area (Å²) in [7, 11) is 1.81. The first kappa shape index (κ1) is 17.3. The van der Waals surface area contributed by atoms with E-state index in [2.05, 4.69) is 16.0 Å². The smallest absolute Gasteiger partial charge is 0.321 e. The van der Waals surface area contributed by atoms with Gasteiger partial charge in [0.1, 0.15) is 0 Å². The molecule has 0 saturated carbocycles. The van der Waals surface area contributed by atoms with Crippen LogP contribution in [0.5, 0.6) is 0 Å². The van der Waals surface area contributed by atoms with Gasteiger partial charge in [0.15, 0.2) is 0 Å². The third-order valence-electron chi connectivity index (χ3n) is 3.92. The number of rotatable bonds is 5. The lowest BCUT2D eigenvalue weighted by molar-refractivity contribution is -0.116. The van der Waals surface area contributed by atoms with Crippen molar-refractivity contribution >= 4 is 23.3 Å². The molecule has 1 heterocycles. The standard InChI is InChI=1S/C17H26N4O2/c1-18-11-10-16(22)19-14-6-8-15(9-7-14)20-17(23)21-12-4-2-3-5-13-21/h6-9,18H,2-5,10-13H2,1H3,(H,19,22)(H,20,23). The van der Waals surface area contributed by atoms with E-state index in [1.807, 2.05) is 24.1 Å². The molecule has 6 heteroatoms. The van der Waals surface area contributed by atoms with Crippen molar-refractivity contribution in [1.29, 1.82) is 0 Å². The molecule has 1 fully saturated rings. The van der Waals surface area contributed by atoms with Crippen LogP contribution in [0.4, 0.5) is 16.2 Å². The van der Waals surface area contributed by atoms with Crippen LogP contribution < -0.4 is 16.0 Å². The van der Waals surface area contributed by atoms with Crippen LogP contribution >= 0.6 is 0 Å². The molecule has 0 unspecified atom stereocenters. The number of benzene rings is 1. The molecule has 1 aromatic rings. The number of nitrogens with one attached hydrogen (secondary N) is 3. The Morgan fingerprint density at radius 2 is 1.52 bits per heavy atom. The molecule has 1 aliphatic heterocycles. The second-order valence-electron chi connectivity index (χ2n) is 5.81. The fourth-order valence-electron chi connectivity index (χ4n) is 2.58. The van der Waals surface area contributed by atoms with E-state index in [4.69, 9.17) is 0 Å². The van der Waals surface area contributed by atoms with Crippen LogP contribution in [0.15, 0.2) is 24.3 Å². The van der Waals surface area contributed by atoms with Crippen molar-refractivity contribution in [2.45, 2.75) is 32.1 Å². The first-order valence-corrected chi connectivity index (χ1v) is 8.29. The molecule has 126 valence electrons. The summed E-state index contributed by atoms with van der Waals surface area (Å²) >= 11 is 0. The summed E-state index contributed by atoms with van der Waals surface area (Å²) in [6, 6.07) is 7.18. The lowest BCUT2D eigenvalue weighted by Gasteiger charge is -2.20. The summed E-state index contributed by atoms with van der Waals surface area (Å²) in [6.07, 6.45) is 4.98. The summed E-state index contributed by atoms with van der Waals surface area (Å²) in [6.45, 7) is 2.30. The van der Waals surface area contributed by atoms with E-state index in [0.717, 1.165) is 37.3 Å². The third-order valence-corrected chi connectivity index (χ3v) is 3.92. The third kappa shape index (κ3) is 5.90. The quantitative estimate of drug-likeness (QED) is 0.781. The molecule has 6 nitrogen and oxygen atoms in total. The topological polar surface area (TPSA) is 73.5 Å². The van der Waals surface area contributed by atoms with E-state index in [1.54, 1.807) is 12.1 Å². The predicted molar refractivity (Wildman–Crippen MR) is 92.7 cm³/mol. The van der Waals surface area contributed by atoms with Crippen molar-refractivity contribution in [3.05, 3.63) is 24.3 Å². The van der Waals surface area contributed by atoms with Gasteiger partial charge in [-0.15, -0.1) is 0 Å². The SMILES string of the molecule is CNCCC(=O)Nc1ccc(NC(=O)N2CCCCCC2)cc1. The first-order chi connectivity index (χ1) is 11.2. The Balaban J connectivity index is 1.84. The number of hydrogen-bond acceptors (Lipinski definition) is 3. The fourth-order valence-corrected chi connectivity index (χ4v) is 2.58. The minimum absolute atomic E-state index is 0.0271. The Morgan fingerprint density at radius 3 is 2.09 bits per heavy atom. The van der Waals surface area contributed by atoms with Crippen LogP contribution in [0.25, 0.3) is 0 Å². The van der Waals surface area contributed by atoms with Gasteiger partial charge in [0, 0.05) is 37.4 Å². The normalized spacial score (nSPS) is 14.9. The highest BCUT2D eigenvalue weighted by molar-refractivity contribution is 5.92. The van der Waals surface area contributed by atoms with E-state index in [9.17, 15) is 9.59 Å². The minimum Gasteiger partial charge on any atom is -0.326 e. The van der Waals surface area contributed by atoms with Crippen LogP contribution in [-0.2, 0) is 4.79 Å². The van der Waals surface area contributed by atoms with E-state index in [1.165, 1.54) is 12.8 Å². The highest BCUT2D eigenvalue weighted by Gasteiger charge is 2.15. The molecule has 1 saturated heterocycles. The number of anilines is 2. The van der Waals surface area contributed by atoms with Gasteiger partial charge >= 0.3 is 6.03 Å². The van der Waals surface area contributed by atoms with E-state index in [-0.39, 0.29) is 11.9 Å². The first-order valence-electron chi connectivity index (χ1n) is 8.29. The lowest BCUT2D eigenvalue weighted by atomic mass is 10.2. The number of likely N-dealkylation sites (tertiary alicyclic amines) is 1. The zero-order valence-corrected chi connectivity index (χ0v) is 13.7. The number of carbonyl (C=O) groups is 2. The summed E-state index contributed by atoms with van der Waals surface area (Å²) in [5, 5.41) is 8.68. The number of carbonyl (C=O) groups excluding carboxylic acids is 2. The predicted octanol–water partition coefficient (Wildman–Crippen LogP) is 2.64. The average molecular weight is 318 g/mol. The van der Waals surface area contributed by atoms with Gasteiger partial charge in [0.05, 0.1) is 0 Å². The molecule has 0 spiro atoms. The van der Waals surface area contributed by atoms with Crippen LogP contribution in [0.1, 0.15) is 32.1 Å². The van der Waals surface area contributed by atoms with Crippen molar-refractivity contribution in [2.75, 3.05) is 37.3 Å². The van der Waals surface area contributed by atoms with E-state index >= 15 is 0 Å². The second-order valence-corrected chi connectivity index (χ2v) is 5.81. The molecule has 0 aromatic heterocycles. The van der Waals surface area contributed by atoms with Gasteiger partial charge in [0.2, 0.25) is 5.91 Å². The van der Waals surface area contributed by atoms with Crippen LogP contribution in [0.3, 0.4) is 0 Å². The Labute approximate surface area is 137 Å². The monoisotopic (exact) mass is 318 g/mol. The largest absolute Gasteiger partial charge is 0.326 e. The molecule has 1 aromatic carbocycles. The maximum absolute atomic E-state index is 12.2. The molecular weight excluding hydrogens is 292 g/mol. The molecule has 0 radical (unpaired) electrons. The van der Waals surface area contributed by atoms with E-state index < -0.39 is 0 Å². The number of nitrogens with zero attached hydrogens (tertiary/aromatic N) is 1. The molecule has 1 aliphatic rings. The summed E-state index contributed by atoms with van der Waals surface area (Å²) in [5.74, 6) is -0.0271. The summed E-state index contributed by atoms with van der Waals surface area (Å²) in [4.78, 5) is 25.8. The molecule has 23 heavy (non-hydrogen) atoms. The lowest BCUT2D eigenvalue weighted by Crippen LogP contribution is -2.35. The molecule has 0 bridgehead atoms. The minimum atomic E-state index is -0.0438.